The summed E-state index contributed by atoms with van der Waals surface area (Å²) in [6.07, 6.45) is 1.11. The lowest BCUT2D eigenvalue weighted by molar-refractivity contribution is -0.697. The second-order valence-corrected chi connectivity index (χ2v) is 5.16. The van der Waals surface area contributed by atoms with Gasteiger partial charge >= 0.3 is 0 Å². The van der Waals surface area contributed by atoms with Gasteiger partial charge in [-0.25, -0.2) is 0 Å². The molecule has 0 fully saturated rings. The van der Waals surface area contributed by atoms with Crippen LogP contribution in [0, 0.1) is 0 Å². The van der Waals surface area contributed by atoms with Crippen LogP contribution in [0.5, 0.6) is 0 Å². The van der Waals surface area contributed by atoms with Crippen LogP contribution in [0.4, 0.5) is 0 Å². The van der Waals surface area contributed by atoms with Gasteiger partial charge in [0.1, 0.15) is 6.04 Å². The van der Waals surface area contributed by atoms with Gasteiger partial charge in [-0.05, 0) is 17.7 Å². The molecule has 0 aromatic heterocycles. The van der Waals surface area contributed by atoms with E-state index in [0.717, 1.165) is 18.5 Å². The molecule has 3 nitrogen and oxygen atoms in total. The molecule has 3 heteroatoms. The minimum Gasteiger partial charge on any atom is -0.346 e. The van der Waals surface area contributed by atoms with E-state index >= 15 is 0 Å². The second-order valence-electron chi connectivity index (χ2n) is 5.16. The summed E-state index contributed by atoms with van der Waals surface area (Å²) < 4.78 is 0. The van der Waals surface area contributed by atoms with E-state index < -0.39 is 0 Å². The molecule has 0 spiro atoms. The van der Waals surface area contributed by atoms with Gasteiger partial charge in [0, 0.05) is 17.5 Å². The van der Waals surface area contributed by atoms with Crippen LogP contribution in [0.15, 0.2) is 54.6 Å². The molecule has 20 heavy (non-hydrogen) atoms. The quantitative estimate of drug-likeness (QED) is 0.864. The fourth-order valence-electron chi connectivity index (χ4n) is 2.78. The largest absolute Gasteiger partial charge is 0.346 e. The number of fused-ring (bicyclic) bond motifs is 1. The normalized spacial score (nSPS) is 17.3. The Kier molecular flexibility index (Phi) is 3.79. The van der Waals surface area contributed by atoms with Crippen LogP contribution in [0.2, 0.25) is 0 Å². The van der Waals surface area contributed by atoms with Gasteiger partial charge in [-0.15, -0.1) is 0 Å². The summed E-state index contributed by atoms with van der Waals surface area (Å²) in [7, 11) is 0. The van der Waals surface area contributed by atoms with Gasteiger partial charge in [-0.3, -0.25) is 4.79 Å². The van der Waals surface area contributed by atoms with Gasteiger partial charge in [0.2, 0.25) is 0 Å². The van der Waals surface area contributed by atoms with Crippen molar-refractivity contribution < 1.29 is 10.1 Å². The van der Waals surface area contributed by atoms with Gasteiger partial charge < -0.3 is 10.6 Å². The van der Waals surface area contributed by atoms with Crippen molar-refractivity contribution in [3.8, 4) is 0 Å². The molecule has 0 saturated carbocycles. The Morgan fingerprint density at radius 3 is 2.70 bits per heavy atom. The zero-order valence-electron chi connectivity index (χ0n) is 11.4. The van der Waals surface area contributed by atoms with E-state index in [0.29, 0.717) is 12.6 Å². The third-order valence-corrected chi connectivity index (χ3v) is 3.84. The molecule has 0 aliphatic carbocycles. The Morgan fingerprint density at radius 2 is 1.85 bits per heavy atom. The Morgan fingerprint density at radius 1 is 1.10 bits per heavy atom. The molecule has 2 aromatic carbocycles. The highest BCUT2D eigenvalue weighted by Gasteiger charge is 2.23. The van der Waals surface area contributed by atoms with Gasteiger partial charge in [0.15, 0.2) is 0 Å². The number of benzene rings is 2. The van der Waals surface area contributed by atoms with Crippen molar-refractivity contribution in [3.63, 3.8) is 0 Å². The van der Waals surface area contributed by atoms with E-state index in [-0.39, 0.29) is 5.91 Å². The summed E-state index contributed by atoms with van der Waals surface area (Å²) >= 11 is 0. The van der Waals surface area contributed by atoms with Crippen molar-refractivity contribution in [1.82, 2.24) is 5.32 Å². The minimum absolute atomic E-state index is 0.00190. The van der Waals surface area contributed by atoms with E-state index in [1.165, 1.54) is 11.1 Å². The van der Waals surface area contributed by atoms with Crippen LogP contribution in [-0.2, 0) is 6.42 Å². The summed E-state index contributed by atoms with van der Waals surface area (Å²) in [4.78, 5) is 12.1. The number of nitrogens with one attached hydrogen (secondary N) is 1. The van der Waals surface area contributed by atoms with Crippen LogP contribution in [0.1, 0.15) is 27.5 Å². The molecule has 0 bridgehead atoms. The third-order valence-electron chi connectivity index (χ3n) is 3.84. The lowest BCUT2D eigenvalue weighted by Gasteiger charge is -2.24. The lowest BCUT2D eigenvalue weighted by atomic mass is 9.94. The van der Waals surface area contributed by atoms with Crippen LogP contribution in [-0.4, -0.2) is 19.0 Å². The summed E-state index contributed by atoms with van der Waals surface area (Å²) in [6, 6.07) is 18.2. The van der Waals surface area contributed by atoms with Crippen molar-refractivity contribution in [2.45, 2.75) is 12.5 Å². The molecule has 1 amide bonds. The Hall–Kier alpha value is -2.13. The number of hydrogen-bond donors (Lipinski definition) is 2. The van der Waals surface area contributed by atoms with E-state index in [4.69, 9.17) is 0 Å². The minimum atomic E-state index is 0.00190. The summed E-state index contributed by atoms with van der Waals surface area (Å²) in [6.45, 7) is 1.76. The maximum atomic E-state index is 12.1. The van der Waals surface area contributed by atoms with E-state index in [1.807, 2.05) is 30.3 Å². The highest BCUT2D eigenvalue weighted by Crippen LogP contribution is 2.17. The average Bonchev–Trinajstić information content (AvgIpc) is 2.53. The van der Waals surface area contributed by atoms with E-state index in [1.54, 1.807) is 0 Å². The highest BCUT2D eigenvalue weighted by molar-refractivity contribution is 5.94. The topological polar surface area (TPSA) is 45.7 Å². The average molecular weight is 267 g/mol. The molecule has 0 saturated heterocycles. The first kappa shape index (κ1) is 12.9. The molecule has 2 aromatic rings. The fraction of sp³-hybridized carbons (Fsp3) is 0.235. The van der Waals surface area contributed by atoms with Crippen molar-refractivity contribution in [2.75, 3.05) is 13.1 Å². The third kappa shape index (κ3) is 2.73. The van der Waals surface area contributed by atoms with Crippen LogP contribution < -0.4 is 10.6 Å². The van der Waals surface area contributed by atoms with E-state index in [9.17, 15) is 4.79 Å². The van der Waals surface area contributed by atoms with Crippen molar-refractivity contribution in [2.24, 2.45) is 0 Å². The smallest absolute Gasteiger partial charge is 0.251 e. The van der Waals surface area contributed by atoms with E-state index in [2.05, 4.69) is 34.9 Å². The molecular weight excluding hydrogens is 248 g/mol. The molecule has 1 atom stereocenters. The first-order valence-corrected chi connectivity index (χ1v) is 7.09. The molecule has 3 N–H and O–H groups in total. The Labute approximate surface area is 119 Å². The van der Waals surface area contributed by atoms with Crippen molar-refractivity contribution >= 4 is 5.91 Å². The number of rotatable bonds is 3. The Balaban J connectivity index is 1.67. The highest BCUT2D eigenvalue weighted by atomic mass is 16.1. The zero-order chi connectivity index (χ0) is 13.8. The fourth-order valence-corrected chi connectivity index (χ4v) is 2.78. The van der Waals surface area contributed by atoms with Gasteiger partial charge in [-0.1, -0.05) is 42.5 Å². The van der Waals surface area contributed by atoms with Crippen molar-refractivity contribution in [1.29, 1.82) is 0 Å². The molecule has 102 valence electrons. The predicted molar refractivity (Wildman–Crippen MR) is 78.5 cm³/mol. The molecule has 1 aliphatic heterocycles. The molecule has 0 unspecified atom stereocenters. The number of hydrogen-bond acceptors (Lipinski definition) is 1. The number of amides is 1. The zero-order valence-corrected chi connectivity index (χ0v) is 11.4. The standard InChI is InChI=1S/C17H18N2O/c20-17(14-7-2-1-3-8-14)19-12-16-15-9-5-4-6-13(15)10-11-18-16/h1-9,16,18H,10-12H2,(H,19,20)/p+1/t16-/m0/s1. The van der Waals surface area contributed by atoms with Crippen LogP contribution in [0.3, 0.4) is 0 Å². The molecule has 3 rings (SSSR count). The summed E-state index contributed by atoms with van der Waals surface area (Å²) in [5.74, 6) is 0.00190. The number of carbonyl (C=O) groups excluding carboxylic acids is 1. The van der Waals surface area contributed by atoms with Gasteiger partial charge in [0.05, 0.1) is 13.1 Å². The first-order valence-electron chi connectivity index (χ1n) is 7.09. The maximum absolute atomic E-state index is 12.1. The number of carbonyl (C=O) groups is 1. The van der Waals surface area contributed by atoms with Crippen LogP contribution in [0.25, 0.3) is 0 Å². The van der Waals surface area contributed by atoms with Crippen molar-refractivity contribution in [3.05, 3.63) is 71.3 Å². The van der Waals surface area contributed by atoms with Crippen LogP contribution >= 0.6 is 0 Å². The summed E-state index contributed by atoms with van der Waals surface area (Å²) in [5, 5.41) is 5.35. The van der Waals surface area contributed by atoms with Gasteiger partial charge in [-0.2, -0.15) is 0 Å². The SMILES string of the molecule is O=C(NC[C@@H]1[NH2+]CCc2ccccc21)c1ccccc1. The number of nitrogens with two attached hydrogens (primary N) is 1. The summed E-state index contributed by atoms with van der Waals surface area (Å²) in [5.41, 5.74) is 3.48. The maximum Gasteiger partial charge on any atom is 0.251 e. The molecule has 1 aliphatic rings. The van der Waals surface area contributed by atoms with Gasteiger partial charge in [0.25, 0.3) is 5.91 Å². The predicted octanol–water partition coefficient (Wildman–Crippen LogP) is 1.28. The number of quaternary nitrogens is 1. The molecule has 1 heterocycles. The first-order chi connectivity index (χ1) is 9.84. The molecule has 0 radical (unpaired) electrons. The molecular formula is C17H19N2O+. The lowest BCUT2D eigenvalue weighted by Crippen LogP contribution is -2.88. The second kappa shape index (κ2) is 5.88. The monoisotopic (exact) mass is 267 g/mol. The Bertz CT molecular complexity index is 595.